The summed E-state index contributed by atoms with van der Waals surface area (Å²) in [5.74, 6) is 3.16. The first-order chi connectivity index (χ1) is 13.1. The third-order valence-electron chi connectivity index (χ3n) is 4.51. The minimum atomic E-state index is -0.142. The molecule has 27 heavy (non-hydrogen) atoms. The lowest BCUT2D eigenvalue weighted by molar-refractivity contribution is -0.123. The predicted molar refractivity (Wildman–Crippen MR) is 104 cm³/mol. The Morgan fingerprint density at radius 1 is 1.19 bits per heavy atom. The SMILES string of the molecule is C#CCNC(=O)CCOCCNC(=O)CCCCC1SC[C@H]2NC(=O)N[C@@H]12. The van der Waals surface area contributed by atoms with Crippen LogP contribution in [0.5, 0.6) is 0 Å². The molecule has 0 aliphatic carbocycles. The molecule has 9 heteroatoms. The van der Waals surface area contributed by atoms with Gasteiger partial charge < -0.3 is 26.0 Å². The second-order valence-corrected chi connectivity index (χ2v) is 7.83. The van der Waals surface area contributed by atoms with E-state index in [-0.39, 0.29) is 42.9 Å². The van der Waals surface area contributed by atoms with Gasteiger partial charge in [-0.2, -0.15) is 11.8 Å². The van der Waals surface area contributed by atoms with E-state index >= 15 is 0 Å². The Bertz CT molecular complexity index is 566. The molecule has 4 N–H and O–H groups in total. The largest absolute Gasteiger partial charge is 0.379 e. The third kappa shape index (κ3) is 7.69. The fourth-order valence-electron chi connectivity index (χ4n) is 3.13. The van der Waals surface area contributed by atoms with E-state index < -0.39 is 0 Å². The molecule has 0 aromatic carbocycles. The number of fused-ring (bicyclic) bond motifs is 1. The number of ether oxygens (including phenoxy) is 1. The van der Waals surface area contributed by atoms with E-state index in [0.29, 0.717) is 31.4 Å². The molecule has 1 unspecified atom stereocenters. The van der Waals surface area contributed by atoms with E-state index in [1.807, 2.05) is 11.8 Å². The first-order valence-corrected chi connectivity index (χ1v) is 10.4. The molecule has 0 saturated carbocycles. The number of nitrogens with one attached hydrogen (secondary N) is 4. The number of hydrogen-bond donors (Lipinski definition) is 4. The van der Waals surface area contributed by atoms with Crippen molar-refractivity contribution in [1.82, 2.24) is 21.3 Å². The maximum atomic E-state index is 11.8. The van der Waals surface area contributed by atoms with Crippen molar-refractivity contribution >= 4 is 29.6 Å². The summed E-state index contributed by atoms with van der Waals surface area (Å²) in [6.07, 6.45) is 8.60. The highest BCUT2D eigenvalue weighted by molar-refractivity contribution is 8.00. The summed E-state index contributed by atoms with van der Waals surface area (Å²) in [5.41, 5.74) is 0. The molecule has 0 aromatic heterocycles. The van der Waals surface area contributed by atoms with Gasteiger partial charge in [0.05, 0.1) is 31.8 Å². The molecule has 150 valence electrons. The second kappa shape index (κ2) is 11.7. The van der Waals surface area contributed by atoms with E-state index in [0.717, 1.165) is 25.0 Å². The van der Waals surface area contributed by atoms with Crippen molar-refractivity contribution in [3.63, 3.8) is 0 Å². The Morgan fingerprint density at radius 3 is 2.81 bits per heavy atom. The quantitative estimate of drug-likeness (QED) is 0.211. The average Bonchev–Trinajstić information content (AvgIpc) is 3.19. The molecule has 2 rings (SSSR count). The van der Waals surface area contributed by atoms with E-state index in [4.69, 9.17) is 11.2 Å². The van der Waals surface area contributed by atoms with Gasteiger partial charge in [-0.25, -0.2) is 4.79 Å². The van der Waals surface area contributed by atoms with Crippen molar-refractivity contribution in [2.45, 2.75) is 49.4 Å². The fourth-order valence-corrected chi connectivity index (χ4v) is 4.67. The van der Waals surface area contributed by atoms with Gasteiger partial charge >= 0.3 is 6.03 Å². The topological polar surface area (TPSA) is 109 Å². The van der Waals surface area contributed by atoms with Gasteiger partial charge in [0.15, 0.2) is 0 Å². The molecule has 0 radical (unpaired) electrons. The van der Waals surface area contributed by atoms with Crippen LogP contribution in [0.2, 0.25) is 0 Å². The van der Waals surface area contributed by atoms with Crippen LogP contribution in [0.25, 0.3) is 0 Å². The van der Waals surface area contributed by atoms with E-state index in [1.165, 1.54) is 0 Å². The Labute approximate surface area is 164 Å². The summed E-state index contributed by atoms with van der Waals surface area (Å²) >= 11 is 1.89. The van der Waals surface area contributed by atoms with Crippen LogP contribution in [0.4, 0.5) is 4.79 Å². The van der Waals surface area contributed by atoms with Crippen LogP contribution in [0.1, 0.15) is 32.1 Å². The summed E-state index contributed by atoms with van der Waals surface area (Å²) in [7, 11) is 0. The number of terminal acetylenes is 1. The minimum absolute atomic E-state index is 0.0122. The Kier molecular flexibility index (Phi) is 9.28. The number of hydrogen-bond acceptors (Lipinski definition) is 5. The molecule has 2 saturated heterocycles. The van der Waals surface area contributed by atoms with Crippen molar-refractivity contribution < 1.29 is 19.1 Å². The standard InChI is InChI=1S/C18H28N4O4S/c1-2-8-19-16(24)7-10-26-11-9-20-15(23)6-4-3-5-14-17-13(12-27-14)21-18(25)22-17/h1,13-14,17H,3-12H2,(H,19,24)(H,20,23)(H2,21,22,25)/t13-,14?,17-/m1/s1. The van der Waals surface area contributed by atoms with Crippen LogP contribution in [-0.2, 0) is 14.3 Å². The second-order valence-electron chi connectivity index (χ2n) is 6.56. The maximum absolute atomic E-state index is 11.8. The first-order valence-electron chi connectivity index (χ1n) is 9.33. The zero-order valence-corrected chi connectivity index (χ0v) is 16.2. The number of unbranched alkanes of at least 4 members (excludes halogenated alkanes) is 1. The summed E-state index contributed by atoms with van der Waals surface area (Å²) < 4.78 is 5.31. The highest BCUT2D eigenvalue weighted by Gasteiger charge is 2.42. The molecule has 4 amide bonds. The minimum Gasteiger partial charge on any atom is -0.379 e. The highest BCUT2D eigenvalue weighted by atomic mass is 32.2. The molecule has 3 atom stereocenters. The van der Waals surface area contributed by atoms with Gasteiger partial charge in [0.2, 0.25) is 11.8 Å². The summed E-state index contributed by atoms with van der Waals surface area (Å²) in [5, 5.41) is 11.7. The third-order valence-corrected chi connectivity index (χ3v) is 6.02. The van der Waals surface area contributed by atoms with Crippen LogP contribution in [0.15, 0.2) is 0 Å². The normalized spacial score (nSPS) is 23.1. The lowest BCUT2D eigenvalue weighted by Crippen LogP contribution is -2.36. The van der Waals surface area contributed by atoms with Gasteiger partial charge in [-0.15, -0.1) is 6.42 Å². The molecule has 0 spiro atoms. The zero-order valence-electron chi connectivity index (χ0n) is 15.4. The molecule has 2 aliphatic heterocycles. The van der Waals surface area contributed by atoms with Gasteiger partial charge in [-0.3, -0.25) is 9.59 Å². The van der Waals surface area contributed by atoms with Crippen molar-refractivity contribution in [1.29, 1.82) is 0 Å². The van der Waals surface area contributed by atoms with Crippen LogP contribution in [0.3, 0.4) is 0 Å². The highest BCUT2D eigenvalue weighted by Crippen LogP contribution is 2.33. The van der Waals surface area contributed by atoms with Gasteiger partial charge in [0, 0.05) is 30.4 Å². The van der Waals surface area contributed by atoms with Crippen molar-refractivity contribution in [2.75, 3.05) is 32.1 Å². The number of carbonyl (C=O) groups excluding carboxylic acids is 3. The number of rotatable bonds is 12. The molecule has 2 aliphatic rings. The first kappa shape index (κ1) is 21.4. The van der Waals surface area contributed by atoms with E-state index in [1.54, 1.807) is 0 Å². The van der Waals surface area contributed by atoms with Crippen LogP contribution < -0.4 is 21.3 Å². The fraction of sp³-hybridized carbons (Fsp3) is 0.722. The predicted octanol–water partition coefficient (Wildman–Crippen LogP) is -0.0155. The molecule has 0 aromatic rings. The molecular formula is C18H28N4O4S. The van der Waals surface area contributed by atoms with Crippen LogP contribution in [0, 0.1) is 12.3 Å². The van der Waals surface area contributed by atoms with Crippen molar-refractivity contribution in [3.05, 3.63) is 0 Å². The molecule has 0 bridgehead atoms. The molecule has 2 heterocycles. The average molecular weight is 397 g/mol. The van der Waals surface area contributed by atoms with Gasteiger partial charge in [0.1, 0.15) is 0 Å². The number of urea groups is 1. The number of amides is 4. The van der Waals surface area contributed by atoms with E-state index in [9.17, 15) is 14.4 Å². The molecular weight excluding hydrogens is 368 g/mol. The van der Waals surface area contributed by atoms with Crippen LogP contribution >= 0.6 is 11.8 Å². The van der Waals surface area contributed by atoms with Crippen LogP contribution in [-0.4, -0.2) is 67.2 Å². The number of carbonyl (C=O) groups is 3. The van der Waals surface area contributed by atoms with Crippen molar-refractivity contribution in [2.24, 2.45) is 0 Å². The Balaban J connectivity index is 1.41. The number of thioether (sulfide) groups is 1. The molecule has 8 nitrogen and oxygen atoms in total. The van der Waals surface area contributed by atoms with Gasteiger partial charge in [0.25, 0.3) is 0 Å². The lowest BCUT2D eigenvalue weighted by Gasteiger charge is -2.16. The van der Waals surface area contributed by atoms with Crippen molar-refractivity contribution in [3.8, 4) is 12.3 Å². The zero-order chi connectivity index (χ0) is 19.5. The molecule has 2 fully saturated rings. The smallest absolute Gasteiger partial charge is 0.315 e. The van der Waals surface area contributed by atoms with E-state index in [2.05, 4.69) is 27.2 Å². The summed E-state index contributed by atoms with van der Waals surface area (Å²) in [6.45, 7) is 1.34. The summed E-state index contributed by atoms with van der Waals surface area (Å²) in [6, 6.07) is 0.409. The maximum Gasteiger partial charge on any atom is 0.315 e. The monoisotopic (exact) mass is 396 g/mol. The van der Waals surface area contributed by atoms with Gasteiger partial charge in [-0.05, 0) is 12.8 Å². The lowest BCUT2D eigenvalue weighted by atomic mass is 10.0. The van der Waals surface area contributed by atoms with Gasteiger partial charge in [-0.1, -0.05) is 12.3 Å². The Hall–Kier alpha value is -1.92. The Morgan fingerprint density at radius 2 is 2.00 bits per heavy atom. The summed E-state index contributed by atoms with van der Waals surface area (Å²) in [4.78, 5) is 34.4.